The van der Waals surface area contributed by atoms with Crippen LogP contribution in [0.3, 0.4) is 0 Å². The SMILES string of the molecule is CC(=O)[C@H]1[C@@H]2Cc3cc(OCc4cc(-c5ccc(OCCCC(C)(C)O)nc5C)ccc4F)ncc3[C@@H]21. The number of rotatable bonds is 10. The third-order valence-electron chi connectivity index (χ3n) is 7.43. The summed E-state index contributed by atoms with van der Waals surface area (Å²) < 4.78 is 26.2. The van der Waals surface area contributed by atoms with Crippen molar-refractivity contribution in [2.24, 2.45) is 11.8 Å². The summed E-state index contributed by atoms with van der Waals surface area (Å²) in [6.45, 7) is 7.65. The van der Waals surface area contributed by atoms with Crippen molar-refractivity contribution in [3.8, 4) is 22.9 Å². The van der Waals surface area contributed by atoms with Crippen LogP contribution in [0, 0.1) is 24.6 Å². The van der Waals surface area contributed by atoms with E-state index < -0.39 is 5.60 Å². The van der Waals surface area contributed by atoms with Gasteiger partial charge in [0.25, 0.3) is 0 Å². The summed E-state index contributed by atoms with van der Waals surface area (Å²) in [5, 5.41) is 9.82. The zero-order valence-corrected chi connectivity index (χ0v) is 21.8. The average Bonchev–Trinajstić information content (AvgIpc) is 3.43. The number of hydrogen-bond acceptors (Lipinski definition) is 6. The average molecular weight is 505 g/mol. The number of fused-ring (bicyclic) bond motifs is 3. The van der Waals surface area contributed by atoms with E-state index in [0.29, 0.717) is 42.2 Å². The van der Waals surface area contributed by atoms with Crippen molar-refractivity contribution in [1.82, 2.24) is 9.97 Å². The number of hydrogen-bond donors (Lipinski definition) is 1. The second-order valence-electron chi connectivity index (χ2n) is 10.9. The summed E-state index contributed by atoms with van der Waals surface area (Å²) in [4.78, 5) is 20.7. The molecule has 0 spiro atoms. The number of carbonyl (C=O) groups is 1. The number of aryl methyl sites for hydroxylation is 1. The van der Waals surface area contributed by atoms with Gasteiger partial charge >= 0.3 is 0 Å². The largest absolute Gasteiger partial charge is 0.478 e. The minimum absolute atomic E-state index is 0.0588. The Labute approximate surface area is 216 Å². The maximum atomic E-state index is 14.6. The van der Waals surface area contributed by atoms with Gasteiger partial charge in [-0.15, -0.1) is 0 Å². The smallest absolute Gasteiger partial charge is 0.213 e. The van der Waals surface area contributed by atoms with Crippen LogP contribution in [-0.2, 0) is 17.8 Å². The van der Waals surface area contributed by atoms with E-state index in [1.807, 2.05) is 31.3 Å². The number of halogens is 1. The molecule has 37 heavy (non-hydrogen) atoms. The lowest BCUT2D eigenvalue weighted by Gasteiger charge is -2.16. The Morgan fingerprint density at radius 3 is 2.70 bits per heavy atom. The Kier molecular flexibility index (Phi) is 6.75. The molecular formula is C30H33FN2O4. The van der Waals surface area contributed by atoms with E-state index in [4.69, 9.17) is 9.47 Å². The molecule has 3 atom stereocenters. The number of nitrogens with zero attached hydrogens (tertiary/aromatic N) is 2. The number of aliphatic hydroxyl groups is 1. The highest BCUT2D eigenvalue weighted by Crippen LogP contribution is 2.61. The lowest BCUT2D eigenvalue weighted by molar-refractivity contribution is -0.118. The van der Waals surface area contributed by atoms with E-state index in [1.54, 1.807) is 32.9 Å². The number of Topliss-reactive ketones (excluding diaryl/α,β-unsaturated/α-hetero) is 1. The first-order valence-corrected chi connectivity index (χ1v) is 12.8. The summed E-state index contributed by atoms with van der Waals surface area (Å²) in [7, 11) is 0. The van der Waals surface area contributed by atoms with Gasteiger partial charge in [-0.05, 0) is 93.7 Å². The third-order valence-corrected chi connectivity index (χ3v) is 7.43. The number of carbonyl (C=O) groups excluding carboxylic acids is 1. The van der Waals surface area contributed by atoms with Crippen LogP contribution in [0.4, 0.5) is 4.39 Å². The molecule has 0 saturated heterocycles. The molecule has 0 unspecified atom stereocenters. The highest BCUT2D eigenvalue weighted by molar-refractivity contribution is 5.84. The lowest BCUT2D eigenvalue weighted by atomic mass is 10.0. The second kappa shape index (κ2) is 9.86. The molecule has 1 aromatic carbocycles. The van der Waals surface area contributed by atoms with E-state index in [1.165, 1.54) is 11.6 Å². The molecule has 3 aromatic rings. The number of aromatic nitrogens is 2. The molecule has 2 heterocycles. The standard InChI is InChI=1S/C30H33FN2O4/c1-17-22(7-9-26(33-17)36-11-5-10-30(3,4)35)19-6-8-25(31)21(12-19)16-37-27-14-20-13-23-28(18(2)34)29(23)24(20)15-32-27/h6-9,12,14-15,23,28-29,35H,5,10-11,13,16H2,1-4H3/t23-,28-,29+/m0/s1. The lowest BCUT2D eigenvalue weighted by Crippen LogP contribution is -2.19. The van der Waals surface area contributed by atoms with Gasteiger partial charge in [-0.3, -0.25) is 4.79 Å². The van der Waals surface area contributed by atoms with Crippen LogP contribution in [0.15, 0.2) is 42.6 Å². The van der Waals surface area contributed by atoms with Crippen LogP contribution < -0.4 is 9.47 Å². The molecule has 2 aliphatic rings. The number of ketones is 1. The minimum atomic E-state index is -0.711. The minimum Gasteiger partial charge on any atom is -0.478 e. The summed E-state index contributed by atoms with van der Waals surface area (Å²) in [5.74, 6) is 1.77. The number of pyridine rings is 2. The summed E-state index contributed by atoms with van der Waals surface area (Å²) in [6.07, 6.45) is 4.06. The van der Waals surface area contributed by atoms with Gasteiger partial charge < -0.3 is 14.6 Å². The first-order valence-electron chi connectivity index (χ1n) is 12.8. The van der Waals surface area contributed by atoms with Crippen LogP contribution in [0.2, 0.25) is 0 Å². The second-order valence-corrected chi connectivity index (χ2v) is 10.9. The fourth-order valence-electron chi connectivity index (χ4n) is 5.51. The van der Waals surface area contributed by atoms with Crippen molar-refractivity contribution in [3.63, 3.8) is 0 Å². The van der Waals surface area contributed by atoms with Gasteiger partial charge in [0.2, 0.25) is 11.8 Å². The molecule has 2 aromatic heterocycles. The molecule has 0 aliphatic heterocycles. The van der Waals surface area contributed by atoms with Gasteiger partial charge in [-0.1, -0.05) is 6.07 Å². The molecule has 7 heteroatoms. The molecular weight excluding hydrogens is 471 g/mol. The van der Waals surface area contributed by atoms with E-state index in [-0.39, 0.29) is 24.1 Å². The Hall–Kier alpha value is -3.32. The van der Waals surface area contributed by atoms with Crippen LogP contribution >= 0.6 is 0 Å². The maximum Gasteiger partial charge on any atom is 0.213 e. The van der Waals surface area contributed by atoms with Crippen molar-refractivity contribution in [3.05, 3.63) is 70.8 Å². The molecule has 1 fully saturated rings. The van der Waals surface area contributed by atoms with Crippen molar-refractivity contribution >= 4 is 5.78 Å². The van der Waals surface area contributed by atoms with Crippen molar-refractivity contribution in [1.29, 1.82) is 0 Å². The van der Waals surface area contributed by atoms with Crippen LogP contribution in [0.1, 0.15) is 61.9 Å². The van der Waals surface area contributed by atoms with Crippen molar-refractivity contribution in [2.75, 3.05) is 6.61 Å². The van der Waals surface area contributed by atoms with E-state index in [0.717, 1.165) is 35.2 Å². The third kappa shape index (κ3) is 5.52. The summed E-state index contributed by atoms with van der Waals surface area (Å²) in [5.41, 5.74) is 4.56. The maximum absolute atomic E-state index is 14.6. The highest BCUT2D eigenvalue weighted by atomic mass is 19.1. The van der Waals surface area contributed by atoms with Crippen LogP contribution in [0.5, 0.6) is 11.8 Å². The van der Waals surface area contributed by atoms with E-state index >= 15 is 0 Å². The Bertz CT molecular complexity index is 1330. The fraction of sp³-hybridized carbons (Fsp3) is 0.433. The van der Waals surface area contributed by atoms with E-state index in [2.05, 4.69) is 9.97 Å². The monoisotopic (exact) mass is 504 g/mol. The first kappa shape index (κ1) is 25.3. The van der Waals surface area contributed by atoms with Gasteiger partial charge in [0.1, 0.15) is 18.2 Å². The molecule has 5 rings (SSSR count). The zero-order valence-electron chi connectivity index (χ0n) is 21.8. The normalized spacial score (nSPS) is 19.8. The van der Waals surface area contributed by atoms with Crippen molar-refractivity contribution < 1.29 is 23.8 Å². The quantitative estimate of drug-likeness (QED) is 0.363. The summed E-state index contributed by atoms with van der Waals surface area (Å²) in [6, 6.07) is 10.6. The Balaban J connectivity index is 1.23. The molecule has 2 aliphatic carbocycles. The van der Waals surface area contributed by atoms with Gasteiger partial charge in [0.05, 0.1) is 12.2 Å². The fourth-order valence-corrected chi connectivity index (χ4v) is 5.51. The molecule has 1 saturated carbocycles. The first-order chi connectivity index (χ1) is 17.6. The van der Waals surface area contributed by atoms with Gasteiger partial charge in [-0.2, -0.15) is 0 Å². The predicted molar refractivity (Wildman–Crippen MR) is 138 cm³/mol. The zero-order chi connectivity index (χ0) is 26.3. The van der Waals surface area contributed by atoms with E-state index in [9.17, 15) is 14.3 Å². The number of ether oxygens (including phenoxy) is 2. The van der Waals surface area contributed by atoms with Gasteiger partial charge in [0.15, 0.2) is 0 Å². The number of benzene rings is 1. The molecule has 194 valence electrons. The highest BCUT2D eigenvalue weighted by Gasteiger charge is 2.58. The van der Waals surface area contributed by atoms with Gasteiger partial charge in [-0.25, -0.2) is 14.4 Å². The molecule has 0 amide bonds. The summed E-state index contributed by atoms with van der Waals surface area (Å²) >= 11 is 0. The molecule has 0 radical (unpaired) electrons. The Morgan fingerprint density at radius 2 is 1.97 bits per heavy atom. The molecule has 6 nitrogen and oxygen atoms in total. The molecule has 0 bridgehead atoms. The van der Waals surface area contributed by atoms with Crippen LogP contribution in [-0.4, -0.2) is 33.1 Å². The van der Waals surface area contributed by atoms with Crippen molar-refractivity contribution in [2.45, 2.75) is 65.1 Å². The molecule has 1 N–H and O–H groups in total. The van der Waals surface area contributed by atoms with Crippen LogP contribution in [0.25, 0.3) is 11.1 Å². The topological polar surface area (TPSA) is 81.5 Å². The predicted octanol–water partition coefficient (Wildman–Crippen LogP) is 5.57. The van der Waals surface area contributed by atoms with Gasteiger partial charge in [0, 0.05) is 41.1 Å². The Morgan fingerprint density at radius 1 is 1.16 bits per heavy atom.